The van der Waals surface area contributed by atoms with Gasteiger partial charge in [-0.15, -0.1) is 0 Å². The summed E-state index contributed by atoms with van der Waals surface area (Å²) in [6.45, 7) is 11.6. The molecular formula is C16H22BN3O3. The molecule has 0 atom stereocenters. The van der Waals surface area contributed by atoms with E-state index in [0.29, 0.717) is 16.9 Å². The van der Waals surface area contributed by atoms with Gasteiger partial charge in [-0.25, -0.2) is 9.50 Å². The molecule has 23 heavy (non-hydrogen) atoms. The third kappa shape index (κ3) is 2.58. The Hall–Kier alpha value is -1.73. The number of hydrogen-bond donors (Lipinski definition) is 0. The molecular weight excluding hydrogens is 293 g/mol. The van der Waals surface area contributed by atoms with Gasteiger partial charge in [0.05, 0.1) is 16.8 Å². The zero-order valence-electron chi connectivity index (χ0n) is 14.5. The zero-order valence-corrected chi connectivity index (χ0v) is 14.5. The van der Waals surface area contributed by atoms with E-state index in [1.54, 1.807) is 10.6 Å². The number of Topliss-reactive ketones (excluding diaryl/α,β-unsaturated/α-hetero) is 1. The van der Waals surface area contributed by atoms with Crippen LogP contribution < -0.4 is 5.59 Å². The van der Waals surface area contributed by atoms with E-state index in [4.69, 9.17) is 9.31 Å². The lowest BCUT2D eigenvalue weighted by Gasteiger charge is -2.32. The summed E-state index contributed by atoms with van der Waals surface area (Å²) >= 11 is 0. The second-order valence-corrected chi connectivity index (χ2v) is 6.97. The number of hydrogen-bond acceptors (Lipinski definition) is 5. The van der Waals surface area contributed by atoms with Crippen LogP contribution in [0, 0.1) is 0 Å². The van der Waals surface area contributed by atoms with Crippen molar-refractivity contribution in [3.8, 4) is 0 Å². The average Bonchev–Trinajstić information content (AvgIpc) is 2.96. The Labute approximate surface area is 136 Å². The highest BCUT2D eigenvalue weighted by Crippen LogP contribution is 2.36. The van der Waals surface area contributed by atoms with Gasteiger partial charge in [0.1, 0.15) is 5.69 Å². The monoisotopic (exact) mass is 315 g/mol. The minimum absolute atomic E-state index is 0.0550. The van der Waals surface area contributed by atoms with Crippen LogP contribution >= 0.6 is 0 Å². The van der Waals surface area contributed by atoms with Crippen molar-refractivity contribution in [2.75, 3.05) is 0 Å². The molecule has 0 saturated carbocycles. The van der Waals surface area contributed by atoms with Gasteiger partial charge in [0.15, 0.2) is 11.4 Å². The lowest BCUT2D eigenvalue weighted by Crippen LogP contribution is -2.41. The summed E-state index contributed by atoms with van der Waals surface area (Å²) in [6, 6.07) is 3.62. The van der Waals surface area contributed by atoms with Crippen molar-refractivity contribution >= 4 is 24.1 Å². The highest BCUT2D eigenvalue weighted by atomic mass is 16.7. The Balaban J connectivity index is 2.06. The first-order chi connectivity index (χ1) is 10.6. The van der Waals surface area contributed by atoms with Crippen molar-refractivity contribution in [2.24, 2.45) is 0 Å². The number of fused-ring (bicyclic) bond motifs is 1. The first-order valence-corrected chi connectivity index (χ1v) is 7.91. The van der Waals surface area contributed by atoms with Crippen molar-refractivity contribution in [3.05, 3.63) is 23.5 Å². The summed E-state index contributed by atoms with van der Waals surface area (Å²) in [7, 11) is -0.535. The molecule has 1 fully saturated rings. The molecule has 0 N–H and O–H groups in total. The standard InChI is InChI=1S/C16H22BN3O3/c1-7-11-8-12(10(2)21)18-14-9-13(19-20(11)14)17-22-15(3,4)16(5,6)23-17/h8-9H,7H2,1-6H3. The number of nitrogens with zero attached hydrogens (tertiary/aromatic N) is 3. The van der Waals surface area contributed by atoms with Gasteiger partial charge in [0, 0.05) is 18.7 Å². The van der Waals surface area contributed by atoms with Crippen molar-refractivity contribution in [2.45, 2.75) is 59.2 Å². The highest BCUT2D eigenvalue weighted by molar-refractivity contribution is 6.61. The summed E-state index contributed by atoms with van der Waals surface area (Å²) in [5.74, 6) is -0.0550. The summed E-state index contributed by atoms with van der Waals surface area (Å²) in [6.07, 6.45) is 0.754. The van der Waals surface area contributed by atoms with Crippen LogP contribution in [-0.4, -0.2) is 38.7 Å². The maximum Gasteiger partial charge on any atom is 0.516 e. The van der Waals surface area contributed by atoms with Crippen LogP contribution in [0.1, 0.15) is 57.7 Å². The molecule has 2 aromatic rings. The maximum absolute atomic E-state index is 11.6. The van der Waals surface area contributed by atoms with Gasteiger partial charge in [-0.3, -0.25) is 4.79 Å². The van der Waals surface area contributed by atoms with Crippen LogP contribution in [0.5, 0.6) is 0 Å². The number of carbonyl (C=O) groups is 1. The molecule has 122 valence electrons. The molecule has 1 saturated heterocycles. The second kappa shape index (κ2) is 5.14. The molecule has 1 aliphatic rings. The Morgan fingerprint density at radius 2 is 1.83 bits per heavy atom. The fourth-order valence-corrected chi connectivity index (χ4v) is 2.57. The predicted octanol–water partition coefficient (Wildman–Crippen LogP) is 1.79. The summed E-state index contributed by atoms with van der Waals surface area (Å²) in [4.78, 5) is 16.0. The number of ketones is 1. The lowest BCUT2D eigenvalue weighted by atomic mass is 9.85. The Morgan fingerprint density at radius 1 is 1.22 bits per heavy atom. The van der Waals surface area contributed by atoms with Crippen molar-refractivity contribution in [1.29, 1.82) is 0 Å². The molecule has 1 aliphatic heterocycles. The average molecular weight is 315 g/mol. The molecule has 0 unspecified atom stereocenters. The van der Waals surface area contributed by atoms with E-state index in [0.717, 1.165) is 12.1 Å². The van der Waals surface area contributed by atoms with Gasteiger partial charge in [-0.05, 0) is 40.2 Å². The largest absolute Gasteiger partial charge is 0.516 e. The third-order valence-electron chi connectivity index (χ3n) is 4.74. The minimum Gasteiger partial charge on any atom is -0.398 e. The molecule has 3 heterocycles. The minimum atomic E-state index is -0.535. The zero-order chi connectivity index (χ0) is 17.0. The van der Waals surface area contributed by atoms with E-state index >= 15 is 0 Å². The van der Waals surface area contributed by atoms with Gasteiger partial charge >= 0.3 is 7.12 Å². The van der Waals surface area contributed by atoms with Crippen LogP contribution in [0.2, 0.25) is 0 Å². The van der Waals surface area contributed by atoms with E-state index < -0.39 is 18.3 Å². The fraction of sp³-hybridized carbons (Fsp3) is 0.562. The smallest absolute Gasteiger partial charge is 0.398 e. The van der Waals surface area contributed by atoms with Gasteiger partial charge in [0.25, 0.3) is 0 Å². The summed E-state index contributed by atoms with van der Waals surface area (Å²) in [5, 5.41) is 4.59. The first-order valence-electron chi connectivity index (χ1n) is 7.91. The van der Waals surface area contributed by atoms with Gasteiger partial charge < -0.3 is 9.31 Å². The van der Waals surface area contributed by atoms with Crippen molar-refractivity contribution in [1.82, 2.24) is 14.6 Å². The topological polar surface area (TPSA) is 65.7 Å². The molecule has 7 heteroatoms. The molecule has 0 aliphatic carbocycles. The van der Waals surface area contributed by atoms with E-state index in [2.05, 4.69) is 10.1 Å². The van der Waals surface area contributed by atoms with Crippen LogP contribution in [0.25, 0.3) is 5.65 Å². The van der Waals surface area contributed by atoms with E-state index in [9.17, 15) is 4.79 Å². The Bertz CT molecular complexity index is 766. The van der Waals surface area contributed by atoms with Crippen LogP contribution in [0.15, 0.2) is 12.1 Å². The molecule has 0 radical (unpaired) electrons. The second-order valence-electron chi connectivity index (χ2n) is 6.97. The Morgan fingerprint density at radius 3 is 2.35 bits per heavy atom. The third-order valence-corrected chi connectivity index (χ3v) is 4.74. The van der Waals surface area contributed by atoms with Crippen LogP contribution in [0.4, 0.5) is 0 Å². The van der Waals surface area contributed by atoms with Gasteiger partial charge in [0.2, 0.25) is 0 Å². The van der Waals surface area contributed by atoms with E-state index in [-0.39, 0.29) is 5.78 Å². The molecule has 2 aromatic heterocycles. The van der Waals surface area contributed by atoms with Crippen LogP contribution in [-0.2, 0) is 15.7 Å². The lowest BCUT2D eigenvalue weighted by molar-refractivity contribution is 0.00578. The summed E-state index contributed by atoms with van der Waals surface area (Å²) in [5.41, 5.74) is 1.86. The molecule has 3 rings (SSSR count). The van der Waals surface area contributed by atoms with E-state index in [1.165, 1.54) is 6.92 Å². The van der Waals surface area contributed by atoms with Crippen LogP contribution in [0.3, 0.4) is 0 Å². The SMILES string of the molecule is CCc1cc(C(C)=O)nc2cc(B3OC(C)(C)C(C)(C)O3)nn12. The fourth-order valence-electron chi connectivity index (χ4n) is 2.57. The van der Waals surface area contributed by atoms with E-state index in [1.807, 2.05) is 40.7 Å². The molecule has 6 nitrogen and oxygen atoms in total. The van der Waals surface area contributed by atoms with Crippen molar-refractivity contribution in [3.63, 3.8) is 0 Å². The number of carbonyl (C=O) groups excluding carboxylic acids is 1. The normalized spacial score (nSPS) is 19.5. The Kier molecular flexibility index (Phi) is 3.61. The number of aryl methyl sites for hydroxylation is 1. The molecule has 0 aromatic carbocycles. The highest BCUT2D eigenvalue weighted by Gasteiger charge is 2.52. The van der Waals surface area contributed by atoms with Gasteiger partial charge in [-0.2, -0.15) is 5.10 Å². The molecule has 0 amide bonds. The summed E-state index contributed by atoms with van der Waals surface area (Å²) < 4.78 is 13.8. The maximum atomic E-state index is 11.6. The molecule has 0 bridgehead atoms. The first kappa shape index (κ1) is 16.1. The molecule has 0 spiro atoms. The number of aromatic nitrogens is 3. The quantitative estimate of drug-likeness (QED) is 0.638. The number of rotatable bonds is 3. The van der Waals surface area contributed by atoms with Crippen molar-refractivity contribution < 1.29 is 14.1 Å². The van der Waals surface area contributed by atoms with Gasteiger partial charge in [-0.1, -0.05) is 6.92 Å². The predicted molar refractivity (Wildman–Crippen MR) is 88.1 cm³/mol.